The van der Waals surface area contributed by atoms with E-state index < -0.39 is 0 Å². The number of hydrogen-bond acceptors (Lipinski definition) is 4. The molecule has 44 valence electrons. The molecule has 0 saturated heterocycles. The van der Waals surface area contributed by atoms with Crippen molar-refractivity contribution in [3.8, 4) is 0 Å². The van der Waals surface area contributed by atoms with Gasteiger partial charge in [0.2, 0.25) is 4.77 Å². The largest absolute Gasteiger partial charge is 0.248 e. The SMILES string of the molecule is CSn1[nH]nnc1=S. The molecule has 0 aromatic carbocycles. The molecule has 4 nitrogen and oxygen atoms in total. The van der Waals surface area contributed by atoms with Crippen LogP contribution in [0.4, 0.5) is 0 Å². The van der Waals surface area contributed by atoms with Crippen molar-refractivity contribution in [2.45, 2.75) is 0 Å². The topological polar surface area (TPSA) is 46.5 Å². The first-order valence-electron chi connectivity index (χ1n) is 1.89. The van der Waals surface area contributed by atoms with Crippen LogP contribution >= 0.6 is 24.2 Å². The lowest BCUT2D eigenvalue weighted by molar-refractivity contribution is 0.854. The minimum Gasteiger partial charge on any atom is -0.187 e. The molecule has 0 radical (unpaired) electrons. The molecule has 0 unspecified atom stereocenters. The third-order valence-corrected chi connectivity index (χ3v) is 1.63. The number of aromatic nitrogens is 4. The zero-order chi connectivity index (χ0) is 5.98. The number of H-pyrrole nitrogens is 1. The van der Waals surface area contributed by atoms with Crippen LogP contribution in [0.2, 0.25) is 0 Å². The Hall–Kier alpha value is -0.360. The third-order valence-electron chi connectivity index (χ3n) is 0.627. The van der Waals surface area contributed by atoms with E-state index in [1.54, 1.807) is 4.09 Å². The summed E-state index contributed by atoms with van der Waals surface area (Å²) in [5.41, 5.74) is 0. The Bertz CT molecular complexity index is 212. The second-order valence-corrected chi connectivity index (χ2v) is 2.15. The van der Waals surface area contributed by atoms with Crippen molar-refractivity contribution in [2.24, 2.45) is 0 Å². The molecule has 0 fully saturated rings. The summed E-state index contributed by atoms with van der Waals surface area (Å²) in [5, 5.41) is 9.56. The van der Waals surface area contributed by atoms with E-state index in [1.807, 2.05) is 6.26 Å². The van der Waals surface area contributed by atoms with Gasteiger partial charge in [-0.15, -0.1) is 0 Å². The predicted octanol–water partition coefficient (Wildman–Crippen LogP) is 0.462. The molecular formula is C2H4N4S2. The lowest BCUT2D eigenvalue weighted by atomic mass is 11.4. The zero-order valence-electron chi connectivity index (χ0n) is 4.16. The van der Waals surface area contributed by atoms with Crippen LogP contribution in [0.25, 0.3) is 0 Å². The van der Waals surface area contributed by atoms with Crippen molar-refractivity contribution in [3.05, 3.63) is 4.77 Å². The minimum absolute atomic E-state index is 0.470. The Morgan fingerprint density at radius 3 is 2.88 bits per heavy atom. The minimum atomic E-state index is 0.470. The molecule has 1 N–H and O–H groups in total. The molecule has 8 heavy (non-hydrogen) atoms. The van der Waals surface area contributed by atoms with Crippen molar-refractivity contribution in [1.29, 1.82) is 0 Å². The Morgan fingerprint density at radius 2 is 2.62 bits per heavy atom. The Morgan fingerprint density at radius 1 is 1.88 bits per heavy atom. The van der Waals surface area contributed by atoms with Crippen molar-refractivity contribution < 1.29 is 0 Å². The molecule has 0 aliphatic rings. The Balaban J connectivity index is 3.11. The molecule has 0 amide bonds. The van der Waals surface area contributed by atoms with Gasteiger partial charge >= 0.3 is 0 Å². The fraction of sp³-hybridized carbons (Fsp3) is 0.500. The van der Waals surface area contributed by atoms with Crippen molar-refractivity contribution in [3.63, 3.8) is 0 Å². The highest BCUT2D eigenvalue weighted by Gasteiger charge is 1.87. The molecule has 0 aliphatic heterocycles. The maximum Gasteiger partial charge on any atom is 0.248 e. The average Bonchev–Trinajstić information content (AvgIpc) is 2.14. The van der Waals surface area contributed by atoms with E-state index in [2.05, 4.69) is 15.5 Å². The number of aromatic amines is 1. The lowest BCUT2D eigenvalue weighted by Crippen LogP contribution is -1.85. The molecule has 0 spiro atoms. The van der Waals surface area contributed by atoms with Gasteiger partial charge in [0.25, 0.3) is 0 Å². The second kappa shape index (κ2) is 2.27. The number of rotatable bonds is 1. The summed E-state index contributed by atoms with van der Waals surface area (Å²) in [6, 6.07) is 0. The average molecular weight is 148 g/mol. The monoisotopic (exact) mass is 148 g/mol. The molecule has 1 rings (SSSR count). The Labute approximate surface area is 55.4 Å². The molecule has 6 heteroatoms. The first-order valence-corrected chi connectivity index (χ1v) is 3.48. The van der Waals surface area contributed by atoms with Gasteiger partial charge in [0.05, 0.1) is 0 Å². The summed E-state index contributed by atoms with van der Waals surface area (Å²) in [6.45, 7) is 0. The highest BCUT2D eigenvalue weighted by atomic mass is 32.2. The van der Waals surface area contributed by atoms with Crippen molar-refractivity contribution in [2.75, 3.05) is 6.26 Å². The van der Waals surface area contributed by atoms with Crippen LogP contribution in [0.15, 0.2) is 0 Å². The van der Waals surface area contributed by atoms with Crippen molar-refractivity contribution >= 4 is 24.2 Å². The van der Waals surface area contributed by atoms with Crippen LogP contribution in [0.1, 0.15) is 0 Å². The predicted molar refractivity (Wildman–Crippen MR) is 34.1 cm³/mol. The first-order chi connectivity index (χ1) is 3.84. The number of hydrogen-bond donors (Lipinski definition) is 1. The van der Waals surface area contributed by atoms with Crippen LogP contribution in [-0.2, 0) is 0 Å². The molecule has 1 aromatic rings. The van der Waals surface area contributed by atoms with Gasteiger partial charge in [0.15, 0.2) is 0 Å². The summed E-state index contributed by atoms with van der Waals surface area (Å²) >= 11 is 6.16. The summed E-state index contributed by atoms with van der Waals surface area (Å²) in [6.07, 6.45) is 1.88. The molecule has 0 aliphatic carbocycles. The van der Waals surface area contributed by atoms with E-state index in [4.69, 9.17) is 12.2 Å². The van der Waals surface area contributed by atoms with Crippen LogP contribution in [0, 0.1) is 4.77 Å². The molecule has 0 saturated carbocycles. The molecule has 0 bridgehead atoms. The number of tetrazole rings is 1. The van der Waals surface area contributed by atoms with E-state index in [1.165, 1.54) is 11.9 Å². The van der Waals surface area contributed by atoms with Crippen LogP contribution < -0.4 is 0 Å². The van der Waals surface area contributed by atoms with Crippen LogP contribution in [0.5, 0.6) is 0 Å². The first kappa shape index (κ1) is 5.77. The quantitative estimate of drug-likeness (QED) is 0.588. The summed E-state index contributed by atoms with van der Waals surface area (Å²) in [5.74, 6) is 0. The standard InChI is InChI=1S/C2H4N4S2/c1-8-6-2(7)3-4-5-6/h1H3,(H,3,5,7). The normalized spacial score (nSPS) is 9.62. The van der Waals surface area contributed by atoms with Gasteiger partial charge < -0.3 is 0 Å². The fourth-order valence-corrected chi connectivity index (χ4v) is 0.924. The molecule has 1 aromatic heterocycles. The van der Waals surface area contributed by atoms with Gasteiger partial charge in [-0.05, 0) is 29.4 Å². The zero-order valence-corrected chi connectivity index (χ0v) is 5.79. The second-order valence-electron chi connectivity index (χ2n) is 1.06. The smallest absolute Gasteiger partial charge is 0.187 e. The number of nitrogens with zero attached hydrogens (tertiary/aromatic N) is 3. The van der Waals surface area contributed by atoms with E-state index >= 15 is 0 Å². The summed E-state index contributed by atoms with van der Waals surface area (Å²) in [7, 11) is 0. The summed E-state index contributed by atoms with van der Waals surface area (Å²) in [4.78, 5) is 0. The van der Waals surface area contributed by atoms with E-state index in [0.29, 0.717) is 4.77 Å². The summed E-state index contributed by atoms with van der Waals surface area (Å²) < 4.78 is 2.06. The highest BCUT2D eigenvalue weighted by molar-refractivity contribution is 7.97. The molecule has 0 atom stereocenters. The van der Waals surface area contributed by atoms with Gasteiger partial charge in [0.1, 0.15) is 0 Å². The highest BCUT2D eigenvalue weighted by Crippen LogP contribution is 1.93. The van der Waals surface area contributed by atoms with Gasteiger partial charge in [0, 0.05) is 6.26 Å². The molecule has 1 heterocycles. The van der Waals surface area contributed by atoms with E-state index in [9.17, 15) is 0 Å². The third kappa shape index (κ3) is 0.896. The lowest BCUT2D eigenvalue weighted by Gasteiger charge is -1.85. The maximum absolute atomic E-state index is 4.72. The van der Waals surface area contributed by atoms with Crippen molar-refractivity contribution in [1.82, 2.24) is 19.6 Å². The van der Waals surface area contributed by atoms with E-state index in [-0.39, 0.29) is 0 Å². The van der Waals surface area contributed by atoms with Crippen LogP contribution in [-0.4, -0.2) is 25.9 Å². The van der Waals surface area contributed by atoms with Gasteiger partial charge in [-0.2, -0.15) is 9.30 Å². The fourth-order valence-electron chi connectivity index (χ4n) is 0.308. The number of nitrogens with one attached hydrogen (secondary N) is 1. The molecular weight excluding hydrogens is 144 g/mol. The van der Waals surface area contributed by atoms with Gasteiger partial charge in [-0.1, -0.05) is 5.10 Å². The van der Waals surface area contributed by atoms with Gasteiger partial charge in [-0.3, -0.25) is 0 Å². The maximum atomic E-state index is 4.72. The Kier molecular flexibility index (Phi) is 1.64. The van der Waals surface area contributed by atoms with E-state index in [0.717, 1.165) is 0 Å². The van der Waals surface area contributed by atoms with Crippen LogP contribution in [0.3, 0.4) is 0 Å². The van der Waals surface area contributed by atoms with Gasteiger partial charge in [-0.25, -0.2) is 0 Å².